The van der Waals surface area contributed by atoms with E-state index >= 15 is 0 Å². The molecular weight excluding hydrogens is 333 g/mol. The van der Waals surface area contributed by atoms with Crippen LogP contribution in [-0.4, -0.2) is 16.9 Å². The molecule has 0 heterocycles. The smallest absolute Gasteiger partial charge is 0.417 e. The topological polar surface area (TPSA) is 54.4 Å². The van der Waals surface area contributed by atoms with E-state index in [1.165, 1.54) is 19.9 Å². The molecule has 0 amide bonds. The first kappa shape index (κ1) is 17.8. The lowest BCUT2D eigenvalue weighted by atomic mass is 9.60. The van der Waals surface area contributed by atoms with Crippen LogP contribution in [0.15, 0.2) is 18.2 Å². The molecule has 0 radical (unpaired) electrons. The third kappa shape index (κ3) is 3.09. The summed E-state index contributed by atoms with van der Waals surface area (Å²) in [6.07, 6.45) is -4.50. The van der Waals surface area contributed by atoms with Gasteiger partial charge in [-0.25, -0.2) is 0 Å². The first-order valence-corrected chi connectivity index (χ1v) is 7.42. The maximum absolute atomic E-state index is 13.0. The SMILES string of the molecule is CC1(C(=O)O)CCC(=O)C(C)(c2ccc(Cl)c(C(F)(F)F)c2)C1. The summed E-state index contributed by atoms with van der Waals surface area (Å²) in [5.41, 5.74) is -3.31. The fourth-order valence-electron chi connectivity index (χ4n) is 3.16. The molecule has 0 bridgehead atoms. The van der Waals surface area contributed by atoms with Gasteiger partial charge in [0.05, 0.1) is 21.4 Å². The summed E-state index contributed by atoms with van der Waals surface area (Å²) in [6.45, 7) is 3.01. The average Bonchev–Trinajstić information content (AvgIpc) is 2.42. The number of hydrogen-bond donors (Lipinski definition) is 1. The van der Waals surface area contributed by atoms with Crippen LogP contribution in [0.3, 0.4) is 0 Å². The van der Waals surface area contributed by atoms with E-state index in [0.29, 0.717) is 0 Å². The second-order valence-electron chi connectivity index (χ2n) is 6.49. The summed E-state index contributed by atoms with van der Waals surface area (Å²) in [4.78, 5) is 23.8. The van der Waals surface area contributed by atoms with Gasteiger partial charge in [-0.3, -0.25) is 9.59 Å². The van der Waals surface area contributed by atoms with Crippen molar-refractivity contribution < 1.29 is 27.9 Å². The van der Waals surface area contributed by atoms with Crippen molar-refractivity contribution in [2.24, 2.45) is 5.41 Å². The average molecular weight is 349 g/mol. The van der Waals surface area contributed by atoms with E-state index in [4.69, 9.17) is 11.6 Å². The van der Waals surface area contributed by atoms with Crippen molar-refractivity contribution in [3.05, 3.63) is 34.3 Å². The van der Waals surface area contributed by atoms with E-state index in [-0.39, 0.29) is 30.6 Å². The Bertz CT molecular complexity index is 671. The van der Waals surface area contributed by atoms with E-state index in [9.17, 15) is 27.9 Å². The Labute approximate surface area is 136 Å². The Balaban J connectivity index is 2.54. The van der Waals surface area contributed by atoms with Gasteiger partial charge in [0, 0.05) is 6.42 Å². The highest BCUT2D eigenvalue weighted by atomic mass is 35.5. The predicted molar refractivity (Wildman–Crippen MR) is 78.4 cm³/mol. The number of carboxylic acid groups (broad SMARTS) is 1. The molecule has 2 unspecified atom stereocenters. The van der Waals surface area contributed by atoms with Crippen LogP contribution in [-0.2, 0) is 21.2 Å². The predicted octanol–water partition coefficient (Wildman–Crippen LogP) is 4.46. The number of rotatable bonds is 2. The van der Waals surface area contributed by atoms with Crippen molar-refractivity contribution in [3.8, 4) is 0 Å². The third-order valence-corrected chi connectivity index (χ3v) is 5.02. The molecule has 0 aliphatic heterocycles. The van der Waals surface area contributed by atoms with Gasteiger partial charge in [-0.1, -0.05) is 17.7 Å². The van der Waals surface area contributed by atoms with Gasteiger partial charge in [0.25, 0.3) is 0 Å². The maximum Gasteiger partial charge on any atom is 0.417 e. The summed E-state index contributed by atoms with van der Waals surface area (Å²) < 4.78 is 39.1. The largest absolute Gasteiger partial charge is 0.481 e. The third-order valence-electron chi connectivity index (χ3n) is 4.69. The lowest BCUT2D eigenvalue weighted by Gasteiger charge is -2.41. The number of Topliss-reactive ketones (excluding diaryl/α,β-unsaturated/α-hetero) is 1. The van der Waals surface area contributed by atoms with Crippen LogP contribution in [0.4, 0.5) is 13.2 Å². The van der Waals surface area contributed by atoms with Gasteiger partial charge < -0.3 is 5.11 Å². The highest BCUT2D eigenvalue weighted by Gasteiger charge is 2.50. The molecule has 1 aromatic carbocycles. The quantitative estimate of drug-likeness (QED) is 0.858. The molecule has 1 fully saturated rings. The lowest BCUT2D eigenvalue weighted by Crippen LogP contribution is -2.46. The Kier molecular flexibility index (Phi) is 4.26. The van der Waals surface area contributed by atoms with E-state index in [2.05, 4.69) is 0 Å². The molecule has 23 heavy (non-hydrogen) atoms. The van der Waals surface area contributed by atoms with Gasteiger partial charge in [0.15, 0.2) is 0 Å². The summed E-state index contributed by atoms with van der Waals surface area (Å²) in [5.74, 6) is -1.31. The van der Waals surface area contributed by atoms with Crippen LogP contribution < -0.4 is 0 Å². The van der Waals surface area contributed by atoms with Crippen molar-refractivity contribution in [3.63, 3.8) is 0 Å². The van der Waals surface area contributed by atoms with Gasteiger partial charge in [0.1, 0.15) is 5.78 Å². The van der Waals surface area contributed by atoms with Crippen molar-refractivity contribution in [1.82, 2.24) is 0 Å². The molecule has 1 N–H and O–H groups in total. The Morgan fingerprint density at radius 1 is 1.30 bits per heavy atom. The Morgan fingerprint density at radius 3 is 2.43 bits per heavy atom. The molecule has 7 heteroatoms. The molecule has 0 saturated heterocycles. The van der Waals surface area contributed by atoms with E-state index in [0.717, 1.165) is 12.1 Å². The number of carbonyl (C=O) groups is 2. The second-order valence-corrected chi connectivity index (χ2v) is 6.90. The number of ketones is 1. The zero-order chi connectivity index (χ0) is 17.6. The van der Waals surface area contributed by atoms with Gasteiger partial charge in [0.2, 0.25) is 0 Å². The minimum atomic E-state index is -4.64. The van der Waals surface area contributed by atoms with Crippen molar-refractivity contribution in [2.45, 2.75) is 44.7 Å². The highest BCUT2D eigenvalue weighted by Crippen LogP contribution is 2.47. The standard InChI is InChI=1S/C16H16ClF3O3/c1-14(13(22)23)6-5-12(21)15(2,8-14)9-3-4-11(17)10(7-9)16(18,19)20/h3-4,7H,5-6,8H2,1-2H3,(H,22,23). The number of carbonyl (C=O) groups excluding carboxylic acids is 1. The minimum absolute atomic E-state index is 0.0171. The summed E-state index contributed by atoms with van der Waals surface area (Å²) in [5, 5.41) is 8.93. The summed E-state index contributed by atoms with van der Waals surface area (Å²) >= 11 is 5.61. The number of carboxylic acids is 1. The molecule has 0 aromatic heterocycles. The van der Waals surface area contributed by atoms with Gasteiger partial charge in [-0.05, 0) is 44.4 Å². The van der Waals surface area contributed by atoms with Crippen LogP contribution in [0.25, 0.3) is 0 Å². The zero-order valence-corrected chi connectivity index (χ0v) is 13.4. The molecule has 126 valence electrons. The number of hydrogen-bond acceptors (Lipinski definition) is 2. The van der Waals surface area contributed by atoms with Crippen LogP contribution in [0, 0.1) is 5.41 Å². The fourth-order valence-corrected chi connectivity index (χ4v) is 3.39. The van der Waals surface area contributed by atoms with Crippen LogP contribution in [0.5, 0.6) is 0 Å². The Hall–Kier alpha value is -1.56. The molecule has 0 spiro atoms. The molecule has 1 aromatic rings. The highest BCUT2D eigenvalue weighted by molar-refractivity contribution is 6.31. The fraction of sp³-hybridized carbons (Fsp3) is 0.500. The first-order chi connectivity index (χ1) is 10.4. The lowest BCUT2D eigenvalue weighted by molar-refractivity contribution is -0.153. The number of alkyl halides is 3. The van der Waals surface area contributed by atoms with Gasteiger partial charge >= 0.3 is 12.1 Å². The minimum Gasteiger partial charge on any atom is -0.481 e. The normalized spacial score (nSPS) is 28.7. The number of halogens is 4. The number of aliphatic carboxylic acids is 1. The van der Waals surface area contributed by atoms with Gasteiger partial charge in [-0.15, -0.1) is 0 Å². The van der Waals surface area contributed by atoms with Crippen molar-refractivity contribution in [1.29, 1.82) is 0 Å². The van der Waals surface area contributed by atoms with Crippen molar-refractivity contribution >= 4 is 23.4 Å². The molecule has 2 atom stereocenters. The Morgan fingerprint density at radius 2 is 1.91 bits per heavy atom. The summed E-state index contributed by atoms with van der Waals surface area (Å²) in [6, 6.07) is 3.32. The van der Waals surface area contributed by atoms with Crippen LogP contribution >= 0.6 is 11.6 Å². The number of benzene rings is 1. The molecule has 2 rings (SSSR count). The van der Waals surface area contributed by atoms with Crippen LogP contribution in [0.1, 0.15) is 44.2 Å². The molecule has 1 aliphatic carbocycles. The molecule has 1 aliphatic rings. The van der Waals surface area contributed by atoms with Gasteiger partial charge in [-0.2, -0.15) is 13.2 Å². The second kappa shape index (κ2) is 5.51. The van der Waals surface area contributed by atoms with Crippen LogP contribution in [0.2, 0.25) is 5.02 Å². The first-order valence-electron chi connectivity index (χ1n) is 7.04. The zero-order valence-electron chi connectivity index (χ0n) is 12.6. The van der Waals surface area contributed by atoms with Crippen molar-refractivity contribution in [2.75, 3.05) is 0 Å². The monoisotopic (exact) mass is 348 g/mol. The molecule has 3 nitrogen and oxygen atoms in total. The van der Waals surface area contributed by atoms with E-state index < -0.39 is 33.6 Å². The van der Waals surface area contributed by atoms with E-state index in [1.54, 1.807) is 0 Å². The molecule has 1 saturated carbocycles. The molecular formula is C16H16ClF3O3. The maximum atomic E-state index is 13.0. The van der Waals surface area contributed by atoms with E-state index in [1.807, 2.05) is 0 Å². The summed E-state index contributed by atoms with van der Waals surface area (Å²) in [7, 11) is 0.